The number of nitrogens with zero attached hydrogens (tertiary/aromatic N) is 1. The van der Waals surface area contributed by atoms with Crippen LogP contribution in [0.3, 0.4) is 0 Å². The molecule has 0 N–H and O–H groups in total. The second-order valence-electron chi connectivity index (χ2n) is 4.12. The first-order chi connectivity index (χ1) is 6.58. The molecule has 0 spiro atoms. The lowest BCUT2D eigenvalue weighted by Crippen LogP contribution is -2.30. The lowest BCUT2D eigenvalue weighted by atomic mass is 9.90. The fourth-order valence-corrected chi connectivity index (χ4v) is 2.70. The zero-order valence-corrected chi connectivity index (χ0v) is 10.4. The Bertz CT molecular complexity index is 284. The SMILES string of the molecule is CCCC[C@H](C)C1(C)C#CN=C(C)S1. The lowest BCUT2D eigenvalue weighted by Gasteiger charge is -2.30. The third-order valence-electron chi connectivity index (χ3n) is 2.81. The van der Waals surface area contributed by atoms with Gasteiger partial charge in [0.1, 0.15) is 0 Å². The van der Waals surface area contributed by atoms with Crippen LogP contribution in [0, 0.1) is 17.9 Å². The second kappa shape index (κ2) is 4.89. The predicted molar refractivity (Wildman–Crippen MR) is 65.6 cm³/mol. The molecular weight excluding hydrogens is 190 g/mol. The highest BCUT2D eigenvalue weighted by Crippen LogP contribution is 2.37. The van der Waals surface area contributed by atoms with Crippen molar-refractivity contribution in [3.63, 3.8) is 0 Å². The van der Waals surface area contributed by atoms with E-state index in [0.29, 0.717) is 5.92 Å². The van der Waals surface area contributed by atoms with Gasteiger partial charge in [0, 0.05) is 6.04 Å². The summed E-state index contributed by atoms with van der Waals surface area (Å²) in [7, 11) is 0. The summed E-state index contributed by atoms with van der Waals surface area (Å²) in [5.74, 6) is 3.90. The summed E-state index contributed by atoms with van der Waals surface area (Å²) in [5, 5.41) is 1.11. The molecule has 0 aromatic heterocycles. The van der Waals surface area contributed by atoms with E-state index in [1.54, 1.807) is 0 Å². The van der Waals surface area contributed by atoms with Gasteiger partial charge in [-0.3, -0.25) is 0 Å². The fraction of sp³-hybridized carbons (Fsp3) is 0.750. The van der Waals surface area contributed by atoms with E-state index < -0.39 is 0 Å². The Hall–Kier alpha value is -0.420. The average molecular weight is 209 g/mol. The molecule has 2 heteroatoms. The molecule has 0 amide bonds. The second-order valence-corrected chi connectivity index (χ2v) is 5.76. The van der Waals surface area contributed by atoms with Gasteiger partial charge in [0.25, 0.3) is 0 Å². The Balaban J connectivity index is 2.61. The molecule has 1 nitrogen and oxygen atoms in total. The Morgan fingerprint density at radius 1 is 1.57 bits per heavy atom. The van der Waals surface area contributed by atoms with E-state index >= 15 is 0 Å². The molecule has 0 fully saturated rings. The van der Waals surface area contributed by atoms with E-state index in [4.69, 9.17) is 0 Å². The highest BCUT2D eigenvalue weighted by Gasteiger charge is 2.31. The van der Waals surface area contributed by atoms with Gasteiger partial charge in [-0.15, -0.1) is 0 Å². The van der Waals surface area contributed by atoms with Crippen LogP contribution < -0.4 is 0 Å². The minimum Gasteiger partial charge on any atom is -0.196 e. The van der Waals surface area contributed by atoms with Crippen LogP contribution in [0.25, 0.3) is 0 Å². The van der Waals surface area contributed by atoms with Gasteiger partial charge >= 0.3 is 0 Å². The number of aliphatic imine (C=N–C) groups is 1. The van der Waals surface area contributed by atoms with Gasteiger partial charge in [-0.1, -0.05) is 44.4 Å². The fourth-order valence-electron chi connectivity index (χ4n) is 1.58. The Labute approximate surface area is 91.8 Å². The van der Waals surface area contributed by atoms with Crippen molar-refractivity contribution < 1.29 is 0 Å². The molecule has 0 bridgehead atoms. The molecule has 1 aliphatic rings. The molecule has 0 aromatic carbocycles. The molecule has 14 heavy (non-hydrogen) atoms. The van der Waals surface area contributed by atoms with Crippen molar-refractivity contribution in [1.82, 2.24) is 0 Å². The zero-order valence-electron chi connectivity index (χ0n) is 9.55. The molecule has 1 aliphatic heterocycles. The van der Waals surface area contributed by atoms with Gasteiger partial charge in [-0.05, 0) is 26.2 Å². The van der Waals surface area contributed by atoms with Crippen molar-refractivity contribution in [2.24, 2.45) is 10.9 Å². The van der Waals surface area contributed by atoms with E-state index in [0.717, 1.165) is 5.04 Å². The normalized spacial score (nSPS) is 27.6. The average Bonchev–Trinajstić information content (AvgIpc) is 2.13. The van der Waals surface area contributed by atoms with E-state index in [2.05, 4.69) is 37.7 Å². The Morgan fingerprint density at radius 3 is 2.86 bits per heavy atom. The van der Waals surface area contributed by atoms with Crippen molar-refractivity contribution in [3.05, 3.63) is 0 Å². The highest BCUT2D eigenvalue weighted by atomic mass is 32.2. The van der Waals surface area contributed by atoms with Gasteiger partial charge in [-0.25, -0.2) is 0 Å². The van der Waals surface area contributed by atoms with Crippen LogP contribution in [-0.4, -0.2) is 9.79 Å². The molecule has 1 rings (SSSR count). The maximum absolute atomic E-state index is 4.11. The summed E-state index contributed by atoms with van der Waals surface area (Å²) in [4.78, 5) is 4.11. The number of hydrogen-bond acceptors (Lipinski definition) is 2. The number of thioether (sulfide) groups is 1. The summed E-state index contributed by atoms with van der Waals surface area (Å²) < 4.78 is 0.0843. The van der Waals surface area contributed by atoms with Crippen LogP contribution in [0.1, 0.15) is 47.0 Å². The molecule has 2 atom stereocenters. The summed E-state index contributed by atoms with van der Waals surface area (Å²) in [6.07, 6.45) is 3.84. The maximum atomic E-state index is 4.11. The van der Waals surface area contributed by atoms with Crippen molar-refractivity contribution in [2.45, 2.75) is 51.7 Å². The Morgan fingerprint density at radius 2 is 2.29 bits per heavy atom. The molecule has 78 valence electrons. The van der Waals surface area contributed by atoms with Crippen LogP contribution in [0.2, 0.25) is 0 Å². The maximum Gasteiger partial charge on any atom is 0.0840 e. The summed E-state index contributed by atoms with van der Waals surface area (Å²) >= 11 is 1.82. The van der Waals surface area contributed by atoms with Gasteiger partial charge in [0.2, 0.25) is 0 Å². The minimum atomic E-state index is 0.0843. The van der Waals surface area contributed by atoms with Crippen LogP contribution in [-0.2, 0) is 0 Å². The molecule has 0 radical (unpaired) electrons. The predicted octanol–water partition coefficient (Wildman–Crippen LogP) is 3.70. The molecule has 0 saturated carbocycles. The zero-order chi connectivity index (χ0) is 10.6. The lowest BCUT2D eigenvalue weighted by molar-refractivity contribution is 0.454. The summed E-state index contributed by atoms with van der Waals surface area (Å²) in [5.41, 5.74) is 0. The standard InChI is InChI=1S/C12H19NS/c1-5-6-7-10(2)12(4)8-9-13-11(3)14-12/h10H,5-7H2,1-4H3/t10-,12?/m0/s1. The molecule has 0 aliphatic carbocycles. The van der Waals surface area contributed by atoms with Crippen LogP contribution in [0.15, 0.2) is 4.99 Å². The van der Waals surface area contributed by atoms with E-state index in [1.807, 2.05) is 18.7 Å². The van der Waals surface area contributed by atoms with Crippen LogP contribution >= 0.6 is 11.8 Å². The van der Waals surface area contributed by atoms with Crippen LogP contribution in [0.4, 0.5) is 0 Å². The Kier molecular flexibility index (Phi) is 4.07. The third-order valence-corrected chi connectivity index (χ3v) is 4.12. The van der Waals surface area contributed by atoms with Gasteiger partial charge < -0.3 is 0 Å². The molecular formula is C12H19NS. The topological polar surface area (TPSA) is 12.4 Å². The summed E-state index contributed by atoms with van der Waals surface area (Å²) in [6, 6.07) is 2.90. The smallest absolute Gasteiger partial charge is 0.0840 e. The highest BCUT2D eigenvalue weighted by molar-refractivity contribution is 8.15. The largest absolute Gasteiger partial charge is 0.196 e. The van der Waals surface area contributed by atoms with Crippen molar-refractivity contribution in [2.75, 3.05) is 0 Å². The molecule has 1 heterocycles. The van der Waals surface area contributed by atoms with Gasteiger partial charge in [-0.2, -0.15) is 4.99 Å². The minimum absolute atomic E-state index is 0.0843. The van der Waals surface area contributed by atoms with E-state index in [-0.39, 0.29) is 4.75 Å². The number of unbranched alkanes of at least 4 members (excludes halogenated alkanes) is 1. The monoisotopic (exact) mass is 209 g/mol. The molecule has 0 saturated heterocycles. The van der Waals surface area contributed by atoms with Crippen LogP contribution in [0.5, 0.6) is 0 Å². The van der Waals surface area contributed by atoms with Crippen molar-refractivity contribution in [1.29, 1.82) is 0 Å². The van der Waals surface area contributed by atoms with E-state index in [9.17, 15) is 0 Å². The van der Waals surface area contributed by atoms with Gasteiger partial charge in [0.05, 0.1) is 9.79 Å². The van der Waals surface area contributed by atoms with Crippen molar-refractivity contribution in [3.8, 4) is 12.0 Å². The van der Waals surface area contributed by atoms with Crippen molar-refractivity contribution >= 4 is 16.8 Å². The first kappa shape index (κ1) is 11.7. The third kappa shape index (κ3) is 2.78. The first-order valence-electron chi connectivity index (χ1n) is 5.34. The number of rotatable bonds is 4. The first-order valence-corrected chi connectivity index (χ1v) is 6.15. The van der Waals surface area contributed by atoms with E-state index in [1.165, 1.54) is 19.3 Å². The molecule has 0 aromatic rings. The summed E-state index contributed by atoms with van der Waals surface area (Å²) in [6.45, 7) is 8.82. The molecule has 1 unspecified atom stereocenters. The number of hydrogen-bond donors (Lipinski definition) is 0. The van der Waals surface area contributed by atoms with Gasteiger partial charge in [0.15, 0.2) is 0 Å². The quantitative estimate of drug-likeness (QED) is 0.643.